The van der Waals surface area contributed by atoms with E-state index in [-0.39, 0.29) is 0 Å². The quantitative estimate of drug-likeness (QED) is 0.664. The van der Waals surface area contributed by atoms with Crippen LogP contribution in [0.5, 0.6) is 0 Å². The molecule has 0 spiro atoms. The maximum atomic E-state index is 5.91. The molecule has 3 nitrogen and oxygen atoms in total. The molecule has 0 atom stereocenters. The Kier molecular flexibility index (Phi) is 8.01. The molecule has 1 rings (SSSR count). The van der Waals surface area contributed by atoms with E-state index in [9.17, 15) is 0 Å². The van der Waals surface area contributed by atoms with Crippen molar-refractivity contribution in [3.05, 3.63) is 34.9 Å². The maximum absolute atomic E-state index is 5.91. The lowest BCUT2D eigenvalue weighted by Crippen LogP contribution is -2.24. The van der Waals surface area contributed by atoms with Crippen molar-refractivity contribution in [1.82, 2.24) is 10.6 Å². The van der Waals surface area contributed by atoms with E-state index < -0.39 is 0 Å². The lowest BCUT2D eigenvalue weighted by atomic mass is 10.2. The van der Waals surface area contributed by atoms with Crippen LogP contribution in [-0.4, -0.2) is 33.4 Å². The first-order valence-corrected chi connectivity index (χ1v) is 6.35. The summed E-state index contributed by atoms with van der Waals surface area (Å²) in [5.74, 6) is 0. The minimum absolute atomic E-state index is 0.774. The van der Waals surface area contributed by atoms with Gasteiger partial charge in [0, 0.05) is 25.2 Å². The van der Waals surface area contributed by atoms with Crippen LogP contribution in [0.4, 0.5) is 0 Å². The minimum atomic E-state index is 0.774. The number of methoxy groups -OCH3 is 1. The smallest absolute Gasteiger partial charge is 0.0587 e. The molecule has 1 aromatic rings. The number of rotatable bonds is 9. The fourth-order valence-corrected chi connectivity index (χ4v) is 1.73. The molecule has 1 aromatic carbocycles. The van der Waals surface area contributed by atoms with Crippen LogP contribution in [0.25, 0.3) is 0 Å². The molecule has 2 N–H and O–H groups in total. The highest BCUT2D eigenvalue weighted by Crippen LogP contribution is 2.09. The van der Waals surface area contributed by atoms with Gasteiger partial charge in [-0.05, 0) is 37.2 Å². The molecule has 4 heteroatoms. The highest BCUT2D eigenvalue weighted by molar-refractivity contribution is 6.30. The van der Waals surface area contributed by atoms with Gasteiger partial charge in [0.25, 0.3) is 0 Å². The summed E-state index contributed by atoms with van der Waals surface area (Å²) in [6, 6.07) is 7.94. The zero-order valence-electron chi connectivity index (χ0n) is 10.3. The van der Waals surface area contributed by atoms with Gasteiger partial charge < -0.3 is 15.4 Å². The van der Waals surface area contributed by atoms with Gasteiger partial charge in [-0.25, -0.2) is 0 Å². The van der Waals surface area contributed by atoms with Gasteiger partial charge in [-0.3, -0.25) is 0 Å². The zero-order valence-corrected chi connectivity index (χ0v) is 11.1. The summed E-state index contributed by atoms with van der Waals surface area (Å²) in [6.07, 6.45) is 1.12. The molecule has 0 saturated heterocycles. The first-order chi connectivity index (χ1) is 8.33. The number of halogens is 1. The third kappa shape index (κ3) is 7.34. The van der Waals surface area contributed by atoms with E-state index in [2.05, 4.69) is 16.7 Å². The minimum Gasteiger partial charge on any atom is -0.383 e. The first-order valence-electron chi connectivity index (χ1n) is 5.98. The van der Waals surface area contributed by atoms with Crippen LogP contribution in [0.1, 0.15) is 12.0 Å². The van der Waals surface area contributed by atoms with E-state index in [1.54, 1.807) is 7.11 Å². The molecular weight excluding hydrogens is 236 g/mol. The molecule has 0 bridgehead atoms. The third-order valence-corrected chi connectivity index (χ3v) is 2.64. The lowest BCUT2D eigenvalue weighted by Gasteiger charge is -2.06. The monoisotopic (exact) mass is 256 g/mol. The summed E-state index contributed by atoms with van der Waals surface area (Å²) in [5, 5.41) is 7.49. The number of benzene rings is 1. The average molecular weight is 257 g/mol. The predicted octanol–water partition coefficient (Wildman–Crippen LogP) is 2.06. The van der Waals surface area contributed by atoms with Crippen molar-refractivity contribution < 1.29 is 4.74 Å². The Morgan fingerprint density at radius 2 is 2.00 bits per heavy atom. The van der Waals surface area contributed by atoms with Crippen LogP contribution in [-0.2, 0) is 11.3 Å². The van der Waals surface area contributed by atoms with Gasteiger partial charge in [0.1, 0.15) is 0 Å². The number of hydrogen-bond acceptors (Lipinski definition) is 3. The van der Waals surface area contributed by atoms with E-state index in [1.807, 2.05) is 18.2 Å². The fraction of sp³-hybridized carbons (Fsp3) is 0.538. The van der Waals surface area contributed by atoms with Crippen molar-refractivity contribution in [1.29, 1.82) is 0 Å². The molecule has 0 radical (unpaired) electrons. The summed E-state index contributed by atoms with van der Waals surface area (Å²) in [6.45, 7) is 4.60. The van der Waals surface area contributed by atoms with Gasteiger partial charge in [0.2, 0.25) is 0 Å². The van der Waals surface area contributed by atoms with E-state index >= 15 is 0 Å². The summed E-state index contributed by atoms with van der Waals surface area (Å²) < 4.78 is 4.95. The molecule has 0 heterocycles. The van der Waals surface area contributed by atoms with E-state index in [4.69, 9.17) is 16.3 Å². The van der Waals surface area contributed by atoms with Gasteiger partial charge >= 0.3 is 0 Å². The SMILES string of the molecule is COCCNCCCNCc1cccc(Cl)c1. The van der Waals surface area contributed by atoms with E-state index in [1.165, 1.54) is 5.56 Å². The van der Waals surface area contributed by atoms with Gasteiger partial charge in [-0.1, -0.05) is 23.7 Å². The van der Waals surface area contributed by atoms with Crippen molar-refractivity contribution >= 4 is 11.6 Å². The zero-order chi connectivity index (χ0) is 12.3. The number of nitrogens with one attached hydrogen (secondary N) is 2. The Morgan fingerprint density at radius 3 is 2.76 bits per heavy atom. The summed E-state index contributed by atoms with van der Waals surface area (Å²) in [7, 11) is 1.72. The van der Waals surface area contributed by atoms with Gasteiger partial charge in [-0.15, -0.1) is 0 Å². The lowest BCUT2D eigenvalue weighted by molar-refractivity contribution is 0.199. The summed E-state index contributed by atoms with van der Waals surface area (Å²) in [4.78, 5) is 0. The molecular formula is C13H21ClN2O. The second-order valence-corrected chi connectivity index (χ2v) is 4.34. The molecule has 0 saturated carbocycles. The molecule has 0 amide bonds. The molecule has 0 aliphatic rings. The highest BCUT2D eigenvalue weighted by Gasteiger charge is 1.93. The van der Waals surface area contributed by atoms with Crippen molar-refractivity contribution in [2.45, 2.75) is 13.0 Å². The topological polar surface area (TPSA) is 33.3 Å². The molecule has 0 aliphatic carbocycles. The predicted molar refractivity (Wildman–Crippen MR) is 72.5 cm³/mol. The van der Waals surface area contributed by atoms with Gasteiger partial charge in [0.05, 0.1) is 6.61 Å². The Balaban J connectivity index is 1.97. The molecule has 96 valence electrons. The fourth-order valence-electron chi connectivity index (χ4n) is 1.52. The Morgan fingerprint density at radius 1 is 1.18 bits per heavy atom. The van der Waals surface area contributed by atoms with Crippen LogP contribution < -0.4 is 10.6 Å². The molecule has 0 unspecified atom stereocenters. The van der Waals surface area contributed by atoms with Crippen LogP contribution in [0.3, 0.4) is 0 Å². The van der Waals surface area contributed by atoms with Crippen LogP contribution in [0.15, 0.2) is 24.3 Å². The highest BCUT2D eigenvalue weighted by atomic mass is 35.5. The standard InChI is InChI=1S/C13H21ClN2O/c1-17-9-8-15-6-3-7-16-11-12-4-2-5-13(14)10-12/h2,4-5,10,15-16H,3,6-9,11H2,1H3. The average Bonchev–Trinajstić information content (AvgIpc) is 2.33. The largest absolute Gasteiger partial charge is 0.383 e. The second-order valence-electron chi connectivity index (χ2n) is 3.90. The molecule has 0 aromatic heterocycles. The maximum Gasteiger partial charge on any atom is 0.0587 e. The Labute approximate surface area is 109 Å². The van der Waals surface area contributed by atoms with Crippen molar-refractivity contribution in [2.24, 2.45) is 0 Å². The summed E-state index contributed by atoms with van der Waals surface area (Å²) >= 11 is 5.91. The van der Waals surface area contributed by atoms with Crippen molar-refractivity contribution in [3.63, 3.8) is 0 Å². The molecule has 17 heavy (non-hydrogen) atoms. The van der Waals surface area contributed by atoms with Crippen LogP contribution >= 0.6 is 11.6 Å². The van der Waals surface area contributed by atoms with E-state index in [0.29, 0.717) is 0 Å². The van der Waals surface area contributed by atoms with Crippen LogP contribution in [0, 0.1) is 0 Å². The number of ether oxygens (including phenoxy) is 1. The van der Waals surface area contributed by atoms with Crippen molar-refractivity contribution in [2.75, 3.05) is 33.4 Å². The van der Waals surface area contributed by atoms with Crippen molar-refractivity contribution in [3.8, 4) is 0 Å². The second kappa shape index (κ2) is 9.42. The van der Waals surface area contributed by atoms with Gasteiger partial charge in [0.15, 0.2) is 0 Å². The van der Waals surface area contributed by atoms with E-state index in [0.717, 1.165) is 44.2 Å². The third-order valence-electron chi connectivity index (χ3n) is 2.41. The molecule has 0 fully saturated rings. The first kappa shape index (κ1) is 14.5. The normalized spacial score (nSPS) is 10.7. The van der Waals surface area contributed by atoms with Gasteiger partial charge in [-0.2, -0.15) is 0 Å². The summed E-state index contributed by atoms with van der Waals surface area (Å²) in [5.41, 5.74) is 1.23. The Hall–Kier alpha value is -0.610. The number of hydrogen-bond donors (Lipinski definition) is 2. The molecule has 0 aliphatic heterocycles. The van der Waals surface area contributed by atoms with Crippen LogP contribution in [0.2, 0.25) is 5.02 Å². The Bertz CT molecular complexity index is 307.